The molecule has 0 amide bonds. The lowest BCUT2D eigenvalue weighted by Gasteiger charge is -2.38. The van der Waals surface area contributed by atoms with Crippen LogP contribution in [0.2, 0.25) is 0 Å². The normalized spacial score (nSPS) is 13.0. The number of para-hydroxylation sites is 1. The van der Waals surface area contributed by atoms with Gasteiger partial charge in [-0.25, -0.2) is 32.8 Å². The van der Waals surface area contributed by atoms with E-state index >= 15 is 4.39 Å². The first-order valence-electron chi connectivity index (χ1n) is 18.5. The molecule has 0 spiro atoms. The molecule has 2 heterocycles. The molecule has 0 radical (unpaired) electrons. The van der Waals surface area contributed by atoms with Crippen molar-refractivity contribution in [3.63, 3.8) is 0 Å². The van der Waals surface area contributed by atoms with Crippen LogP contribution in [-0.4, -0.2) is 39.2 Å². The minimum Gasteiger partial charge on any atom is -0.435 e. The summed E-state index contributed by atoms with van der Waals surface area (Å²) in [6.45, 7) is 4.23. The molecule has 0 aliphatic carbocycles. The monoisotopic (exact) mass is 849 g/mol. The van der Waals surface area contributed by atoms with Crippen LogP contribution >= 0.6 is 19.2 Å². The third kappa shape index (κ3) is 10.1. The molecule has 2 atom stereocenters. The van der Waals surface area contributed by atoms with Crippen molar-refractivity contribution < 1.29 is 41.2 Å². The van der Waals surface area contributed by atoms with Crippen molar-refractivity contribution in [2.24, 2.45) is 4.99 Å². The Morgan fingerprint density at radius 2 is 1.57 bits per heavy atom. The molecule has 0 aliphatic rings. The first-order chi connectivity index (χ1) is 29.1. The number of aliphatic imine (C=N–C) groups is 1. The molecule has 1 unspecified atom stereocenters. The average molecular weight is 850 g/mol. The highest BCUT2D eigenvalue weighted by atomic mass is 32.1. The maximum Gasteiger partial charge on any atom is 0.530 e. The highest BCUT2D eigenvalue weighted by Gasteiger charge is 2.45. The summed E-state index contributed by atoms with van der Waals surface area (Å²) in [5.74, 6) is -3.53. The van der Waals surface area contributed by atoms with Gasteiger partial charge in [0, 0.05) is 28.5 Å². The van der Waals surface area contributed by atoms with Crippen LogP contribution < -0.4 is 4.52 Å². The molecule has 7 aromatic rings. The van der Waals surface area contributed by atoms with Gasteiger partial charge in [-0.2, -0.15) is 5.10 Å². The Balaban J connectivity index is 1.16. The van der Waals surface area contributed by atoms with Gasteiger partial charge < -0.3 is 14.0 Å². The second-order valence-electron chi connectivity index (χ2n) is 13.4. The number of aromatic nitrogens is 4. The van der Waals surface area contributed by atoms with Crippen LogP contribution in [0.4, 0.5) is 14.5 Å². The number of thiazole rings is 1. The van der Waals surface area contributed by atoms with Crippen LogP contribution in [0.5, 0.6) is 5.75 Å². The lowest BCUT2D eigenvalue weighted by Crippen LogP contribution is -2.42. The highest BCUT2D eigenvalue weighted by molar-refractivity contribution is 7.48. The van der Waals surface area contributed by atoms with Gasteiger partial charge >= 0.3 is 13.8 Å². The Hall–Kier alpha value is -6.22. The fourth-order valence-electron chi connectivity index (χ4n) is 6.29. The van der Waals surface area contributed by atoms with Crippen LogP contribution in [-0.2, 0) is 48.4 Å². The lowest BCUT2D eigenvalue weighted by molar-refractivity contribution is -0.148. The van der Waals surface area contributed by atoms with Gasteiger partial charge in [-0.3, -0.25) is 14.0 Å². The Labute approximate surface area is 348 Å². The standard InChI is InChI=1S/C44H38F2N5O7PS/c1-31(42-50-40(26-60-42)34-17-20-36(47-2)21-18-34)44(27-51-29-48-28-49-51,38-22-19-35(45)23-39(38)46)55-30-54-43(52)37-15-9-10-16-41(37)58-59(53,56-24-32-11-5-3-6-12-32)57-25-33-13-7-4-8-14-33/h3-23,26,28-29,31H,2,24-25,27,30H2,1H3/t31-,44?/m0/s1. The predicted molar refractivity (Wildman–Crippen MR) is 222 cm³/mol. The quantitative estimate of drug-likeness (QED) is 0.0335. The number of benzene rings is 5. The fourth-order valence-corrected chi connectivity index (χ4v) is 8.46. The molecule has 0 N–H and O–H groups in total. The zero-order valence-corrected chi connectivity index (χ0v) is 33.9. The number of phosphoric acid groups is 1. The molecular weight excluding hydrogens is 812 g/mol. The summed E-state index contributed by atoms with van der Waals surface area (Å²) in [6, 6.07) is 34.6. The number of nitrogens with zero attached hydrogens (tertiary/aromatic N) is 5. The summed E-state index contributed by atoms with van der Waals surface area (Å²) >= 11 is 1.31. The Bertz CT molecular complexity index is 2520. The number of phosphoric ester groups is 1. The first-order valence-corrected chi connectivity index (χ1v) is 20.9. The molecule has 16 heteroatoms. The average Bonchev–Trinajstić information content (AvgIpc) is 3.99. The maximum atomic E-state index is 16.0. The van der Waals surface area contributed by atoms with Crippen LogP contribution in [0.3, 0.4) is 0 Å². The molecule has 0 saturated carbocycles. The van der Waals surface area contributed by atoms with E-state index in [-0.39, 0.29) is 36.6 Å². The number of hydrogen-bond donors (Lipinski definition) is 0. The van der Waals surface area contributed by atoms with Crippen molar-refractivity contribution >= 4 is 37.5 Å². The van der Waals surface area contributed by atoms with Crippen molar-refractivity contribution in [3.05, 3.63) is 184 Å². The molecule has 306 valence electrons. The van der Waals surface area contributed by atoms with Gasteiger partial charge in [0.05, 0.1) is 36.1 Å². The summed E-state index contributed by atoms with van der Waals surface area (Å²) < 4.78 is 75.7. The minimum atomic E-state index is -4.39. The van der Waals surface area contributed by atoms with Crippen molar-refractivity contribution in [2.75, 3.05) is 6.79 Å². The Morgan fingerprint density at radius 3 is 2.20 bits per heavy atom. The van der Waals surface area contributed by atoms with Gasteiger partial charge in [-0.1, -0.05) is 97.9 Å². The number of carbonyl (C=O) groups excluding carboxylic acids is 1. The van der Waals surface area contributed by atoms with E-state index in [4.69, 9.17) is 28.0 Å². The van der Waals surface area contributed by atoms with Crippen LogP contribution in [0.25, 0.3) is 11.3 Å². The largest absolute Gasteiger partial charge is 0.530 e. The third-order valence-corrected chi connectivity index (χ3v) is 11.8. The summed E-state index contributed by atoms with van der Waals surface area (Å²) in [6.07, 6.45) is 2.73. The molecule has 12 nitrogen and oxygen atoms in total. The number of hydrogen-bond acceptors (Lipinski definition) is 12. The number of halogens is 2. The summed E-state index contributed by atoms with van der Waals surface area (Å²) in [5.41, 5.74) is 1.69. The van der Waals surface area contributed by atoms with Crippen LogP contribution in [0.15, 0.2) is 150 Å². The Kier molecular flexibility index (Phi) is 13.4. The van der Waals surface area contributed by atoms with Gasteiger partial charge in [0.1, 0.15) is 41.2 Å². The van der Waals surface area contributed by atoms with Gasteiger partial charge in [0.15, 0.2) is 6.79 Å². The van der Waals surface area contributed by atoms with E-state index in [1.807, 2.05) is 66.0 Å². The van der Waals surface area contributed by atoms with Crippen molar-refractivity contribution in [1.82, 2.24) is 19.7 Å². The van der Waals surface area contributed by atoms with Crippen LogP contribution in [0.1, 0.15) is 44.9 Å². The first kappa shape index (κ1) is 41.9. The molecule has 7 rings (SSSR count). The predicted octanol–water partition coefficient (Wildman–Crippen LogP) is 10.5. The maximum absolute atomic E-state index is 16.0. The molecule has 0 fully saturated rings. The van der Waals surface area contributed by atoms with Crippen molar-refractivity contribution in [3.8, 4) is 17.0 Å². The SMILES string of the molecule is C=Nc1ccc(-c2csc([C@H](C)C(Cn3cncn3)(OCOC(=O)c3ccccc3OP(=O)(OCc3ccccc3)OCc3ccccc3)c3ccc(F)cc3F)n2)cc1. The molecule has 60 heavy (non-hydrogen) atoms. The summed E-state index contributed by atoms with van der Waals surface area (Å²) in [4.78, 5) is 26.8. The number of carbonyl (C=O) groups is 1. The summed E-state index contributed by atoms with van der Waals surface area (Å²) in [7, 11) is -4.39. The zero-order chi connectivity index (χ0) is 42.0. The molecular formula is C44H38F2N5O7PS. The van der Waals surface area contributed by atoms with E-state index in [0.29, 0.717) is 27.5 Å². The van der Waals surface area contributed by atoms with E-state index in [1.165, 1.54) is 46.9 Å². The minimum absolute atomic E-state index is 0.0445. The van der Waals surface area contributed by atoms with E-state index in [1.54, 1.807) is 43.3 Å². The summed E-state index contributed by atoms with van der Waals surface area (Å²) in [5, 5.41) is 6.63. The molecule has 0 saturated heterocycles. The van der Waals surface area contributed by atoms with E-state index in [0.717, 1.165) is 17.7 Å². The van der Waals surface area contributed by atoms with E-state index in [2.05, 4.69) is 21.8 Å². The highest BCUT2D eigenvalue weighted by Crippen LogP contribution is 2.52. The smallest absolute Gasteiger partial charge is 0.435 e. The molecule has 0 aliphatic heterocycles. The van der Waals surface area contributed by atoms with Crippen LogP contribution in [0, 0.1) is 11.6 Å². The van der Waals surface area contributed by atoms with Crippen molar-refractivity contribution in [1.29, 1.82) is 0 Å². The zero-order valence-electron chi connectivity index (χ0n) is 32.2. The van der Waals surface area contributed by atoms with Gasteiger partial charge in [0.2, 0.25) is 0 Å². The number of rotatable bonds is 19. The van der Waals surface area contributed by atoms with Gasteiger partial charge in [-0.05, 0) is 48.2 Å². The van der Waals surface area contributed by atoms with E-state index in [9.17, 15) is 13.8 Å². The third-order valence-electron chi connectivity index (χ3n) is 9.48. The lowest BCUT2D eigenvalue weighted by atomic mass is 9.81. The second kappa shape index (κ2) is 19.2. The van der Waals surface area contributed by atoms with Crippen molar-refractivity contribution in [2.45, 2.75) is 38.2 Å². The number of esters is 1. The van der Waals surface area contributed by atoms with Gasteiger partial charge in [-0.15, -0.1) is 11.3 Å². The number of ether oxygens (including phenoxy) is 2. The second-order valence-corrected chi connectivity index (χ2v) is 15.8. The Morgan fingerprint density at radius 1 is 0.900 bits per heavy atom. The molecule has 5 aromatic carbocycles. The fraction of sp³-hybridized carbons (Fsp3) is 0.159. The molecule has 0 bridgehead atoms. The topological polar surface area (TPSA) is 136 Å². The van der Waals surface area contributed by atoms with Gasteiger partial charge in [0.25, 0.3) is 0 Å². The van der Waals surface area contributed by atoms with E-state index < -0.39 is 43.7 Å². The molecule has 2 aromatic heterocycles.